The lowest BCUT2D eigenvalue weighted by molar-refractivity contribution is 0.101. The van der Waals surface area contributed by atoms with Crippen LogP contribution < -0.4 is 4.90 Å². The van der Waals surface area contributed by atoms with Crippen molar-refractivity contribution in [1.29, 1.82) is 0 Å². The van der Waals surface area contributed by atoms with Gasteiger partial charge in [-0.25, -0.2) is 0 Å². The zero-order chi connectivity index (χ0) is 14.1. The Morgan fingerprint density at radius 1 is 1.25 bits per heavy atom. The van der Waals surface area contributed by atoms with Crippen molar-refractivity contribution >= 4 is 27.4 Å². The van der Waals surface area contributed by atoms with Crippen molar-refractivity contribution in [1.82, 2.24) is 0 Å². The lowest BCUT2D eigenvalue weighted by Gasteiger charge is -2.19. The topological polar surface area (TPSA) is 20.3 Å². The molecule has 0 aliphatic carbocycles. The highest BCUT2D eigenvalue weighted by atomic mass is 79.9. The molecule has 1 aliphatic heterocycles. The Morgan fingerprint density at radius 3 is 2.85 bits per heavy atom. The van der Waals surface area contributed by atoms with Crippen LogP contribution in [-0.2, 0) is 13.0 Å². The molecule has 0 unspecified atom stereocenters. The summed E-state index contributed by atoms with van der Waals surface area (Å²) in [5.41, 5.74) is 4.65. The Bertz CT molecular complexity index is 666. The lowest BCUT2D eigenvalue weighted by atomic mass is 10.1. The number of carbonyl (C=O) groups is 1. The summed E-state index contributed by atoms with van der Waals surface area (Å²) in [6.07, 6.45) is 1.02. The average Bonchev–Trinajstić information content (AvgIpc) is 2.81. The van der Waals surface area contributed by atoms with Crippen molar-refractivity contribution in [3.05, 3.63) is 63.6 Å². The molecule has 3 rings (SSSR count). The molecular formula is C17H16BrNO. The Balaban J connectivity index is 1.84. The van der Waals surface area contributed by atoms with E-state index < -0.39 is 0 Å². The molecule has 102 valence electrons. The van der Waals surface area contributed by atoms with Crippen LogP contribution in [0.4, 0.5) is 5.69 Å². The number of halogens is 1. The summed E-state index contributed by atoms with van der Waals surface area (Å²) in [5.74, 6) is 0.137. The van der Waals surface area contributed by atoms with E-state index >= 15 is 0 Å². The number of fused-ring (bicyclic) bond motifs is 1. The Labute approximate surface area is 127 Å². The van der Waals surface area contributed by atoms with Crippen molar-refractivity contribution in [2.45, 2.75) is 19.9 Å². The third kappa shape index (κ3) is 2.63. The maximum absolute atomic E-state index is 11.4. The maximum atomic E-state index is 11.4. The number of Topliss-reactive ketones (excluding diaryl/α,β-unsaturated/α-hetero) is 1. The van der Waals surface area contributed by atoms with E-state index in [0.29, 0.717) is 0 Å². The van der Waals surface area contributed by atoms with E-state index in [1.807, 2.05) is 18.2 Å². The largest absolute Gasteiger partial charge is 0.367 e. The minimum Gasteiger partial charge on any atom is -0.367 e. The van der Waals surface area contributed by atoms with E-state index in [2.05, 4.69) is 45.1 Å². The van der Waals surface area contributed by atoms with Gasteiger partial charge < -0.3 is 4.90 Å². The first-order chi connectivity index (χ1) is 9.63. The van der Waals surface area contributed by atoms with Crippen LogP contribution in [0, 0.1) is 0 Å². The molecule has 0 aromatic heterocycles. The molecule has 0 fully saturated rings. The fourth-order valence-electron chi connectivity index (χ4n) is 2.71. The smallest absolute Gasteiger partial charge is 0.159 e. The van der Waals surface area contributed by atoms with Gasteiger partial charge >= 0.3 is 0 Å². The van der Waals surface area contributed by atoms with Gasteiger partial charge in [0, 0.05) is 28.8 Å². The van der Waals surface area contributed by atoms with Crippen molar-refractivity contribution in [3.8, 4) is 0 Å². The van der Waals surface area contributed by atoms with Crippen molar-refractivity contribution in [2.75, 3.05) is 11.4 Å². The first-order valence-electron chi connectivity index (χ1n) is 6.77. The van der Waals surface area contributed by atoms with Gasteiger partial charge in [-0.05, 0) is 54.8 Å². The molecule has 2 aromatic rings. The molecule has 20 heavy (non-hydrogen) atoms. The van der Waals surface area contributed by atoms with Gasteiger partial charge in [0.15, 0.2) is 5.78 Å². The number of rotatable bonds is 3. The lowest BCUT2D eigenvalue weighted by Crippen LogP contribution is -2.19. The second-order valence-corrected chi connectivity index (χ2v) is 6.12. The SMILES string of the molecule is CC(=O)c1ccc2c(c1)CCN2Cc1cccc(Br)c1. The van der Waals surface area contributed by atoms with Crippen LogP contribution >= 0.6 is 15.9 Å². The summed E-state index contributed by atoms with van der Waals surface area (Å²) in [6, 6.07) is 14.5. The monoisotopic (exact) mass is 329 g/mol. The van der Waals surface area contributed by atoms with Gasteiger partial charge in [0.05, 0.1) is 0 Å². The molecule has 3 heteroatoms. The highest BCUT2D eigenvalue weighted by Crippen LogP contribution is 2.30. The highest BCUT2D eigenvalue weighted by Gasteiger charge is 2.20. The summed E-state index contributed by atoms with van der Waals surface area (Å²) < 4.78 is 1.11. The van der Waals surface area contributed by atoms with Crippen molar-refractivity contribution < 1.29 is 4.79 Å². The maximum Gasteiger partial charge on any atom is 0.159 e. The fraction of sp³-hybridized carbons (Fsp3) is 0.235. The first kappa shape index (κ1) is 13.4. The molecule has 1 heterocycles. The normalized spacial score (nSPS) is 13.4. The zero-order valence-corrected chi connectivity index (χ0v) is 13.0. The molecule has 0 N–H and O–H groups in total. The summed E-state index contributed by atoms with van der Waals surface area (Å²) in [5, 5.41) is 0. The van der Waals surface area contributed by atoms with Gasteiger partial charge in [0.1, 0.15) is 0 Å². The number of hydrogen-bond donors (Lipinski definition) is 0. The summed E-state index contributed by atoms with van der Waals surface area (Å²) >= 11 is 3.51. The van der Waals surface area contributed by atoms with Crippen LogP contribution in [0.2, 0.25) is 0 Å². The number of benzene rings is 2. The van der Waals surface area contributed by atoms with E-state index in [0.717, 1.165) is 29.5 Å². The summed E-state index contributed by atoms with van der Waals surface area (Å²) in [4.78, 5) is 13.8. The second kappa shape index (κ2) is 5.41. The van der Waals surface area contributed by atoms with Gasteiger partial charge in [0.2, 0.25) is 0 Å². The van der Waals surface area contributed by atoms with Gasteiger partial charge in [-0.2, -0.15) is 0 Å². The zero-order valence-electron chi connectivity index (χ0n) is 11.4. The van der Waals surface area contributed by atoms with Crippen LogP contribution in [0.5, 0.6) is 0 Å². The second-order valence-electron chi connectivity index (χ2n) is 5.20. The molecule has 1 aliphatic rings. The minimum atomic E-state index is 0.137. The molecule has 0 atom stereocenters. The molecule has 0 radical (unpaired) electrons. The van der Waals surface area contributed by atoms with Gasteiger partial charge in [0.25, 0.3) is 0 Å². The Hall–Kier alpha value is -1.61. The molecule has 0 amide bonds. The van der Waals surface area contributed by atoms with Crippen molar-refractivity contribution in [3.63, 3.8) is 0 Å². The van der Waals surface area contributed by atoms with E-state index in [4.69, 9.17) is 0 Å². The number of carbonyl (C=O) groups excluding carboxylic acids is 1. The average molecular weight is 330 g/mol. The fourth-order valence-corrected chi connectivity index (χ4v) is 3.16. The van der Waals surface area contributed by atoms with Gasteiger partial charge in [-0.3, -0.25) is 4.79 Å². The Morgan fingerprint density at radius 2 is 2.10 bits per heavy atom. The Kier molecular flexibility index (Phi) is 3.62. The number of anilines is 1. The summed E-state index contributed by atoms with van der Waals surface area (Å²) in [7, 11) is 0. The predicted octanol–water partition coefficient (Wildman–Crippen LogP) is 4.21. The van der Waals surface area contributed by atoms with Gasteiger partial charge in [-0.15, -0.1) is 0 Å². The van der Waals surface area contributed by atoms with E-state index in [-0.39, 0.29) is 5.78 Å². The molecular weight excluding hydrogens is 314 g/mol. The third-order valence-electron chi connectivity index (χ3n) is 3.74. The van der Waals surface area contributed by atoms with Crippen LogP contribution in [0.1, 0.15) is 28.4 Å². The minimum absolute atomic E-state index is 0.137. The predicted molar refractivity (Wildman–Crippen MR) is 85.3 cm³/mol. The molecule has 0 saturated carbocycles. The number of ketones is 1. The quantitative estimate of drug-likeness (QED) is 0.786. The van der Waals surface area contributed by atoms with Gasteiger partial charge in [-0.1, -0.05) is 28.1 Å². The van der Waals surface area contributed by atoms with Crippen LogP contribution in [0.15, 0.2) is 46.9 Å². The van der Waals surface area contributed by atoms with Crippen LogP contribution in [0.25, 0.3) is 0 Å². The standard InChI is InChI=1S/C17H16BrNO/c1-12(20)14-5-6-17-15(10-14)7-8-19(17)11-13-3-2-4-16(18)9-13/h2-6,9-10H,7-8,11H2,1H3. The number of nitrogens with zero attached hydrogens (tertiary/aromatic N) is 1. The molecule has 2 aromatic carbocycles. The number of hydrogen-bond acceptors (Lipinski definition) is 2. The van der Waals surface area contributed by atoms with E-state index in [9.17, 15) is 4.79 Å². The highest BCUT2D eigenvalue weighted by molar-refractivity contribution is 9.10. The molecule has 0 bridgehead atoms. The molecule has 2 nitrogen and oxygen atoms in total. The summed E-state index contributed by atoms with van der Waals surface area (Å²) in [6.45, 7) is 3.55. The molecule has 0 spiro atoms. The van der Waals surface area contributed by atoms with E-state index in [1.54, 1.807) is 6.92 Å². The third-order valence-corrected chi connectivity index (χ3v) is 4.23. The first-order valence-corrected chi connectivity index (χ1v) is 7.56. The molecule has 0 saturated heterocycles. The van der Waals surface area contributed by atoms with Crippen LogP contribution in [-0.4, -0.2) is 12.3 Å². The van der Waals surface area contributed by atoms with E-state index in [1.165, 1.54) is 16.8 Å². The van der Waals surface area contributed by atoms with Crippen LogP contribution in [0.3, 0.4) is 0 Å². The van der Waals surface area contributed by atoms with Crippen molar-refractivity contribution in [2.24, 2.45) is 0 Å².